The van der Waals surface area contributed by atoms with Gasteiger partial charge >= 0.3 is 0 Å². The fourth-order valence-corrected chi connectivity index (χ4v) is 2.56. The molecule has 0 radical (unpaired) electrons. The molecule has 0 bridgehead atoms. The smallest absolute Gasteiger partial charge is 0.0857 e. The van der Waals surface area contributed by atoms with Crippen molar-refractivity contribution in [2.75, 3.05) is 6.61 Å². The van der Waals surface area contributed by atoms with E-state index in [0.29, 0.717) is 13.0 Å². The summed E-state index contributed by atoms with van der Waals surface area (Å²) in [6.45, 7) is 2.10. The van der Waals surface area contributed by atoms with Crippen LogP contribution in [0.3, 0.4) is 0 Å². The van der Waals surface area contributed by atoms with Gasteiger partial charge in [0.25, 0.3) is 0 Å². The fraction of sp³-hybridized carbons (Fsp3) is 0.500. The lowest BCUT2D eigenvalue weighted by molar-refractivity contribution is -0.00429. The third-order valence-electron chi connectivity index (χ3n) is 3.67. The zero-order chi connectivity index (χ0) is 14.7. The van der Waals surface area contributed by atoms with Crippen LogP contribution in [-0.4, -0.2) is 34.1 Å². The molecule has 0 aliphatic carbocycles. The van der Waals surface area contributed by atoms with Crippen molar-refractivity contribution in [1.82, 2.24) is 0 Å². The highest BCUT2D eigenvalue weighted by molar-refractivity contribution is 5.47. The van der Waals surface area contributed by atoms with Gasteiger partial charge in [0.2, 0.25) is 0 Å². The van der Waals surface area contributed by atoms with Crippen LogP contribution in [0.1, 0.15) is 41.2 Å². The Morgan fingerprint density at radius 1 is 1.40 bits per heavy atom. The minimum atomic E-state index is -0.892. The normalized spacial score (nSPS) is 20.2. The number of ether oxygens (including phenoxy) is 1. The quantitative estimate of drug-likeness (QED) is 0.703. The van der Waals surface area contributed by atoms with Crippen molar-refractivity contribution < 1.29 is 20.1 Å². The van der Waals surface area contributed by atoms with Crippen LogP contribution in [0.5, 0.6) is 0 Å². The molecule has 0 aromatic heterocycles. The maximum Gasteiger partial charge on any atom is 0.0857 e. The van der Waals surface area contributed by atoms with Gasteiger partial charge < -0.3 is 20.1 Å². The lowest BCUT2D eigenvalue weighted by atomic mass is 9.95. The van der Waals surface area contributed by atoms with Crippen LogP contribution in [0, 0.1) is 19.3 Å². The fourth-order valence-electron chi connectivity index (χ4n) is 2.56. The van der Waals surface area contributed by atoms with Crippen LogP contribution in [0.4, 0.5) is 0 Å². The topological polar surface area (TPSA) is 69.9 Å². The van der Waals surface area contributed by atoms with E-state index in [-0.39, 0.29) is 19.1 Å². The molecule has 1 aromatic rings. The third kappa shape index (κ3) is 3.20. The van der Waals surface area contributed by atoms with Crippen molar-refractivity contribution in [2.45, 2.75) is 44.7 Å². The van der Waals surface area contributed by atoms with E-state index in [4.69, 9.17) is 16.3 Å². The van der Waals surface area contributed by atoms with Crippen molar-refractivity contribution in [3.05, 3.63) is 34.4 Å². The van der Waals surface area contributed by atoms with Gasteiger partial charge in [-0.25, -0.2) is 0 Å². The Kier molecular flexibility index (Phi) is 4.79. The zero-order valence-electron chi connectivity index (χ0n) is 11.5. The first-order valence-corrected chi connectivity index (χ1v) is 6.73. The summed E-state index contributed by atoms with van der Waals surface area (Å²) in [6.07, 6.45) is 4.21. The Morgan fingerprint density at radius 3 is 2.80 bits per heavy atom. The van der Waals surface area contributed by atoms with Gasteiger partial charge in [-0.15, -0.1) is 6.42 Å². The molecule has 20 heavy (non-hydrogen) atoms. The van der Waals surface area contributed by atoms with Gasteiger partial charge in [0.05, 0.1) is 31.5 Å². The first kappa shape index (κ1) is 15.0. The second kappa shape index (κ2) is 6.38. The molecule has 108 valence electrons. The summed E-state index contributed by atoms with van der Waals surface area (Å²) in [4.78, 5) is 0. The number of aliphatic hydroxyl groups is 3. The number of hydrogen-bond acceptors (Lipinski definition) is 4. The molecule has 1 aliphatic heterocycles. The van der Waals surface area contributed by atoms with E-state index in [9.17, 15) is 10.2 Å². The molecule has 1 aromatic carbocycles. The minimum Gasteiger partial charge on any atom is -0.394 e. The number of fused-ring (bicyclic) bond motifs is 1. The molecule has 3 atom stereocenters. The maximum absolute atomic E-state index is 9.92. The van der Waals surface area contributed by atoms with E-state index < -0.39 is 12.2 Å². The monoisotopic (exact) mass is 276 g/mol. The Bertz CT molecular complexity index is 518. The summed E-state index contributed by atoms with van der Waals surface area (Å²) in [6, 6.07) is 3.97. The summed E-state index contributed by atoms with van der Waals surface area (Å²) in [5.74, 6) is 2.65. The zero-order valence-corrected chi connectivity index (χ0v) is 11.5. The molecule has 0 amide bonds. The highest BCUT2D eigenvalue weighted by Crippen LogP contribution is 2.36. The largest absolute Gasteiger partial charge is 0.394 e. The third-order valence-corrected chi connectivity index (χ3v) is 3.67. The van der Waals surface area contributed by atoms with E-state index in [2.05, 4.69) is 5.92 Å². The molecule has 4 nitrogen and oxygen atoms in total. The minimum absolute atomic E-state index is 0.146. The average Bonchev–Trinajstić information content (AvgIpc) is 2.79. The van der Waals surface area contributed by atoms with Crippen LogP contribution >= 0.6 is 0 Å². The van der Waals surface area contributed by atoms with E-state index in [1.807, 2.05) is 19.1 Å². The number of terminal acetylenes is 1. The Hall–Kier alpha value is -1.38. The summed E-state index contributed by atoms with van der Waals surface area (Å²) in [5, 5.41) is 28.0. The molecule has 3 unspecified atom stereocenters. The molecular weight excluding hydrogens is 256 g/mol. The van der Waals surface area contributed by atoms with Crippen LogP contribution in [0.25, 0.3) is 0 Å². The Morgan fingerprint density at radius 2 is 2.15 bits per heavy atom. The molecule has 0 saturated carbocycles. The van der Waals surface area contributed by atoms with Crippen LogP contribution in [0.15, 0.2) is 12.1 Å². The highest BCUT2D eigenvalue weighted by Gasteiger charge is 2.27. The van der Waals surface area contributed by atoms with E-state index in [1.165, 1.54) is 0 Å². The van der Waals surface area contributed by atoms with Gasteiger partial charge in [0.1, 0.15) is 0 Å². The summed E-state index contributed by atoms with van der Waals surface area (Å²) in [7, 11) is 0. The van der Waals surface area contributed by atoms with Crippen molar-refractivity contribution in [2.24, 2.45) is 0 Å². The maximum atomic E-state index is 9.92. The Labute approximate surface area is 119 Å². The summed E-state index contributed by atoms with van der Waals surface area (Å²) in [5.41, 5.74) is 4.00. The molecule has 0 spiro atoms. The first-order valence-electron chi connectivity index (χ1n) is 6.73. The van der Waals surface area contributed by atoms with Crippen molar-refractivity contribution in [1.29, 1.82) is 0 Å². The molecule has 0 saturated heterocycles. The van der Waals surface area contributed by atoms with Crippen molar-refractivity contribution in [3.8, 4) is 12.3 Å². The van der Waals surface area contributed by atoms with Gasteiger partial charge in [0, 0.05) is 18.4 Å². The Balaban J connectivity index is 2.08. The second-order valence-corrected chi connectivity index (χ2v) is 5.27. The van der Waals surface area contributed by atoms with Gasteiger partial charge in [-0.3, -0.25) is 0 Å². The predicted octanol–water partition coefficient (Wildman–Crippen LogP) is 1.04. The highest BCUT2D eigenvalue weighted by atomic mass is 16.5. The van der Waals surface area contributed by atoms with E-state index in [0.717, 1.165) is 22.3 Å². The number of benzene rings is 1. The van der Waals surface area contributed by atoms with Crippen LogP contribution in [-0.2, 0) is 11.3 Å². The predicted molar refractivity (Wildman–Crippen MR) is 75.0 cm³/mol. The SMILES string of the molecule is C#Cc1cc2c(cc1C)C(CC(O)CC(O)CO)OC2. The van der Waals surface area contributed by atoms with Gasteiger partial charge in [0.15, 0.2) is 0 Å². The number of aliphatic hydroxyl groups excluding tert-OH is 3. The van der Waals surface area contributed by atoms with Gasteiger partial charge in [-0.1, -0.05) is 12.0 Å². The molecular formula is C16H20O4. The lowest BCUT2D eigenvalue weighted by Crippen LogP contribution is -2.22. The average molecular weight is 276 g/mol. The molecule has 0 fully saturated rings. The molecule has 3 N–H and O–H groups in total. The lowest BCUT2D eigenvalue weighted by Gasteiger charge is -2.18. The molecule has 4 heteroatoms. The van der Waals surface area contributed by atoms with Crippen molar-refractivity contribution >= 4 is 0 Å². The number of rotatable bonds is 5. The van der Waals surface area contributed by atoms with Crippen LogP contribution < -0.4 is 0 Å². The standard InChI is InChI=1S/C16H20O4/c1-3-11-5-12-9-20-16(15(12)4-10(11)2)7-13(18)6-14(19)8-17/h1,4-5,13-14,16-19H,6-9H2,2H3. The molecule has 2 rings (SSSR count). The van der Waals surface area contributed by atoms with Crippen LogP contribution in [0.2, 0.25) is 0 Å². The summed E-state index contributed by atoms with van der Waals surface area (Å²) >= 11 is 0. The number of hydrogen-bond donors (Lipinski definition) is 3. The second-order valence-electron chi connectivity index (χ2n) is 5.27. The molecule has 1 aliphatic rings. The number of aryl methyl sites for hydroxylation is 1. The van der Waals surface area contributed by atoms with E-state index in [1.54, 1.807) is 0 Å². The van der Waals surface area contributed by atoms with E-state index >= 15 is 0 Å². The molecule has 1 heterocycles. The first-order chi connectivity index (χ1) is 9.55. The van der Waals surface area contributed by atoms with Crippen molar-refractivity contribution in [3.63, 3.8) is 0 Å². The van der Waals surface area contributed by atoms with Gasteiger partial charge in [-0.2, -0.15) is 0 Å². The van der Waals surface area contributed by atoms with Gasteiger partial charge in [-0.05, 0) is 29.7 Å². The summed E-state index contributed by atoms with van der Waals surface area (Å²) < 4.78 is 5.69.